The fourth-order valence-electron chi connectivity index (χ4n) is 4.12. The Labute approximate surface area is 219 Å². The van der Waals surface area contributed by atoms with Crippen LogP contribution in [-0.4, -0.2) is 23.9 Å². The van der Waals surface area contributed by atoms with E-state index in [1.807, 2.05) is 49.5 Å². The van der Waals surface area contributed by atoms with Crippen molar-refractivity contribution in [2.24, 2.45) is 4.99 Å². The molecule has 0 radical (unpaired) electrons. The summed E-state index contributed by atoms with van der Waals surface area (Å²) in [6.07, 6.45) is 11.5. The summed E-state index contributed by atoms with van der Waals surface area (Å²) in [5, 5.41) is 2.92. The first kappa shape index (κ1) is 27.5. The topological polar surface area (TPSA) is 58.5 Å². The summed E-state index contributed by atoms with van der Waals surface area (Å²) in [5.41, 5.74) is 5.11. The molecule has 1 amide bonds. The first-order valence-electron chi connectivity index (χ1n) is 12.7. The molecule has 1 aliphatic rings. The minimum atomic E-state index is -0.578. The van der Waals surface area contributed by atoms with Crippen LogP contribution in [0, 0.1) is 0 Å². The second kappa shape index (κ2) is 12.3. The molecule has 3 rings (SSSR count). The number of hydrogen-bond acceptors (Lipinski definition) is 4. The molecule has 1 aromatic heterocycles. The molecule has 0 bridgehead atoms. The smallest absolute Gasteiger partial charge is 0.261 e. The van der Waals surface area contributed by atoms with Gasteiger partial charge in [-0.25, -0.2) is 0 Å². The Morgan fingerprint density at radius 2 is 1.86 bits per heavy atom. The molecule has 0 unspecified atom stereocenters. The Kier molecular flexibility index (Phi) is 9.38. The Morgan fingerprint density at radius 1 is 1.14 bits per heavy atom. The maximum Gasteiger partial charge on any atom is 0.261 e. The summed E-state index contributed by atoms with van der Waals surface area (Å²) < 4.78 is 0. The molecule has 36 heavy (non-hydrogen) atoms. The molecule has 0 fully saturated rings. The highest BCUT2D eigenvalue weighted by Crippen LogP contribution is 2.29. The minimum absolute atomic E-state index is 0.0134. The number of nitrogens with one attached hydrogen (secondary N) is 1. The van der Waals surface area contributed by atoms with Gasteiger partial charge in [0.1, 0.15) is 0 Å². The van der Waals surface area contributed by atoms with Crippen molar-refractivity contribution >= 4 is 34.9 Å². The molecular weight excluding hydrogens is 464 g/mol. The minimum Gasteiger partial charge on any atom is -0.341 e. The number of hydrogen-bond donors (Lipinski definition) is 1. The molecule has 4 nitrogen and oxygen atoms in total. The zero-order valence-corrected chi connectivity index (χ0v) is 23.0. The molecule has 2 aromatic rings. The lowest BCUT2D eigenvalue weighted by atomic mass is 9.94. The van der Waals surface area contributed by atoms with Crippen molar-refractivity contribution in [3.05, 3.63) is 87.2 Å². The van der Waals surface area contributed by atoms with Crippen molar-refractivity contribution in [1.29, 1.82) is 0 Å². The summed E-state index contributed by atoms with van der Waals surface area (Å²) >= 11 is 1.48. The number of thiophene rings is 1. The zero-order valence-electron chi connectivity index (χ0n) is 22.2. The normalized spacial score (nSPS) is 15.5. The predicted molar refractivity (Wildman–Crippen MR) is 153 cm³/mol. The van der Waals surface area contributed by atoms with E-state index in [2.05, 4.69) is 49.8 Å². The average Bonchev–Trinajstić information content (AvgIpc) is 3.36. The molecule has 1 heterocycles. The first-order chi connectivity index (χ1) is 17.1. The van der Waals surface area contributed by atoms with E-state index in [9.17, 15) is 9.59 Å². The van der Waals surface area contributed by atoms with Crippen molar-refractivity contribution in [2.75, 3.05) is 0 Å². The summed E-state index contributed by atoms with van der Waals surface area (Å²) in [4.78, 5) is 31.5. The van der Waals surface area contributed by atoms with Crippen LogP contribution >= 0.6 is 11.3 Å². The van der Waals surface area contributed by atoms with Crippen LogP contribution in [0.3, 0.4) is 0 Å². The van der Waals surface area contributed by atoms with Gasteiger partial charge in [-0.2, -0.15) is 0 Å². The second-order valence-electron chi connectivity index (χ2n) is 10.4. The van der Waals surface area contributed by atoms with Crippen molar-refractivity contribution < 1.29 is 9.59 Å². The largest absolute Gasteiger partial charge is 0.341 e. The van der Waals surface area contributed by atoms with E-state index in [4.69, 9.17) is 0 Å². The van der Waals surface area contributed by atoms with Crippen molar-refractivity contribution in [3.8, 4) is 0 Å². The number of ketones is 1. The van der Waals surface area contributed by atoms with Crippen LogP contribution in [0.25, 0.3) is 5.70 Å². The zero-order chi connectivity index (χ0) is 26.3. The molecule has 1 aromatic carbocycles. The van der Waals surface area contributed by atoms with Crippen LogP contribution in [0.4, 0.5) is 0 Å². The van der Waals surface area contributed by atoms with Gasteiger partial charge in [-0.15, -0.1) is 11.3 Å². The number of aliphatic imine (C=N–C) groups is 1. The quantitative estimate of drug-likeness (QED) is 0.362. The van der Waals surface area contributed by atoms with Gasteiger partial charge in [-0.05, 0) is 85.8 Å². The Morgan fingerprint density at radius 3 is 2.42 bits per heavy atom. The lowest BCUT2D eigenvalue weighted by Gasteiger charge is -2.17. The monoisotopic (exact) mass is 502 g/mol. The number of amides is 1. The number of benzene rings is 1. The third-order valence-corrected chi connectivity index (χ3v) is 7.93. The van der Waals surface area contributed by atoms with Gasteiger partial charge in [-0.3, -0.25) is 14.6 Å². The predicted octanol–water partition coefficient (Wildman–Crippen LogP) is 7.46. The molecule has 190 valence electrons. The number of allylic oxidation sites excluding steroid dienone is 4. The molecule has 5 heteroatoms. The highest BCUT2D eigenvalue weighted by atomic mass is 32.1. The highest BCUT2D eigenvalue weighted by Gasteiger charge is 2.22. The summed E-state index contributed by atoms with van der Waals surface area (Å²) in [5.74, 6) is -0.271. The summed E-state index contributed by atoms with van der Waals surface area (Å²) in [6.45, 7) is 14.1. The van der Waals surface area contributed by atoms with Crippen LogP contribution in [0.15, 0.2) is 71.3 Å². The van der Waals surface area contributed by atoms with Crippen LogP contribution < -0.4 is 5.32 Å². The third kappa shape index (κ3) is 7.47. The van der Waals surface area contributed by atoms with Gasteiger partial charge in [0.25, 0.3) is 5.91 Å². The fourth-order valence-corrected chi connectivity index (χ4v) is 5.09. The Bertz CT molecular complexity index is 1190. The molecule has 0 saturated heterocycles. The number of carbonyl (C=O) groups is 2. The SMILES string of the molecule is C=C(/N=C\C(=C/C)C1=CCCCC1)c1ccc(C[C@H](NC(=O)c2ccc(C(C)(C)C)s2)C(C)=O)cc1. The van der Waals surface area contributed by atoms with E-state index in [1.165, 1.54) is 36.7 Å². The molecule has 0 spiro atoms. The molecule has 1 atom stereocenters. The van der Waals surface area contributed by atoms with Crippen LogP contribution in [0.5, 0.6) is 0 Å². The molecular formula is C31H38N2O2S. The van der Waals surface area contributed by atoms with Gasteiger partial charge in [-0.1, -0.05) is 63.8 Å². The van der Waals surface area contributed by atoms with Gasteiger partial charge >= 0.3 is 0 Å². The maximum atomic E-state index is 12.8. The van der Waals surface area contributed by atoms with Gasteiger partial charge in [0.05, 0.1) is 16.6 Å². The standard InChI is InChI=1S/C31H38N2O2S/c1-7-24(26-11-9-8-10-12-26)20-32-21(2)25-15-13-23(14-16-25)19-27(22(3)34)33-30(35)28-17-18-29(36-28)31(4,5)6/h7,11,13-18,20,27H,2,8-10,12,19H2,1,3-6H3,(H,33,35)/b24-7+,32-20-/t27-/m0/s1. The summed E-state index contributed by atoms with van der Waals surface area (Å²) in [7, 11) is 0. The van der Waals surface area contributed by atoms with Crippen LogP contribution in [-0.2, 0) is 16.6 Å². The van der Waals surface area contributed by atoms with E-state index >= 15 is 0 Å². The Balaban J connectivity index is 1.63. The lowest BCUT2D eigenvalue weighted by molar-refractivity contribution is -0.118. The average molecular weight is 503 g/mol. The number of carbonyl (C=O) groups excluding carboxylic acids is 2. The van der Waals surface area contributed by atoms with E-state index in [0.29, 0.717) is 17.0 Å². The number of rotatable bonds is 9. The van der Waals surface area contributed by atoms with Crippen LogP contribution in [0.1, 0.15) is 86.0 Å². The van der Waals surface area contributed by atoms with E-state index in [0.717, 1.165) is 34.4 Å². The highest BCUT2D eigenvalue weighted by molar-refractivity contribution is 7.14. The Hall–Kier alpha value is -3.05. The third-order valence-electron chi connectivity index (χ3n) is 6.42. The van der Waals surface area contributed by atoms with Gasteiger partial charge in [0.2, 0.25) is 0 Å². The van der Waals surface area contributed by atoms with Crippen LogP contribution in [0.2, 0.25) is 0 Å². The number of nitrogens with zero attached hydrogens (tertiary/aromatic N) is 1. The summed E-state index contributed by atoms with van der Waals surface area (Å²) in [6, 6.07) is 11.1. The molecule has 0 aliphatic heterocycles. The molecule has 1 aliphatic carbocycles. The van der Waals surface area contributed by atoms with Crippen molar-refractivity contribution in [2.45, 2.75) is 78.2 Å². The fraction of sp³-hybridized carbons (Fsp3) is 0.387. The van der Waals surface area contributed by atoms with Gasteiger partial charge < -0.3 is 5.32 Å². The van der Waals surface area contributed by atoms with Gasteiger partial charge in [0.15, 0.2) is 5.78 Å². The second-order valence-corrected chi connectivity index (χ2v) is 11.5. The van der Waals surface area contributed by atoms with Crippen molar-refractivity contribution in [1.82, 2.24) is 5.32 Å². The molecule has 0 saturated carbocycles. The molecule has 1 N–H and O–H groups in total. The van der Waals surface area contributed by atoms with Crippen molar-refractivity contribution in [3.63, 3.8) is 0 Å². The van der Waals surface area contributed by atoms with E-state index in [1.54, 1.807) is 0 Å². The maximum absolute atomic E-state index is 12.8. The lowest BCUT2D eigenvalue weighted by Crippen LogP contribution is -2.41. The van der Waals surface area contributed by atoms with E-state index in [-0.39, 0.29) is 17.1 Å². The van der Waals surface area contributed by atoms with Gasteiger partial charge in [0, 0.05) is 11.1 Å². The van der Waals surface area contributed by atoms with E-state index < -0.39 is 6.04 Å². The first-order valence-corrected chi connectivity index (χ1v) is 13.5. The number of Topliss-reactive ketones (excluding diaryl/α,β-unsaturated/α-hetero) is 1.